The van der Waals surface area contributed by atoms with Gasteiger partial charge in [-0.15, -0.1) is 0 Å². The van der Waals surface area contributed by atoms with E-state index >= 15 is 0 Å². The molecule has 0 bridgehead atoms. The molecule has 1 rings (SSSR count). The quantitative estimate of drug-likeness (QED) is 0.812. The molecule has 0 saturated heterocycles. The third-order valence-corrected chi connectivity index (χ3v) is 2.94. The number of rotatable bonds is 5. The topological polar surface area (TPSA) is 58.4 Å². The van der Waals surface area contributed by atoms with E-state index in [9.17, 15) is 4.79 Å². The number of halogens is 1. The molecule has 0 saturated carbocycles. The fourth-order valence-electron chi connectivity index (χ4n) is 1.59. The van der Waals surface area contributed by atoms with Crippen molar-refractivity contribution in [2.75, 3.05) is 25.9 Å². The van der Waals surface area contributed by atoms with Crippen molar-refractivity contribution in [1.82, 2.24) is 10.2 Å². The number of anilines is 1. The summed E-state index contributed by atoms with van der Waals surface area (Å²) in [7, 11) is 1.65. The maximum absolute atomic E-state index is 11.3. The monoisotopic (exact) mass is 299 g/mol. The minimum Gasteiger partial charge on any atom is -0.399 e. The summed E-state index contributed by atoms with van der Waals surface area (Å²) >= 11 is 3.41. The third kappa shape index (κ3) is 4.75. The smallest absolute Gasteiger partial charge is 0.233 e. The normalized spacial score (nSPS) is 10.6. The molecular formula is C12H18BrN3O. The number of hydrogen-bond acceptors (Lipinski definition) is 3. The summed E-state index contributed by atoms with van der Waals surface area (Å²) in [5, 5.41) is 2.62. The van der Waals surface area contributed by atoms with Gasteiger partial charge in [0.2, 0.25) is 5.91 Å². The summed E-state index contributed by atoms with van der Waals surface area (Å²) < 4.78 is 0.962. The SMILES string of the molecule is CCN(CC(=O)NC)Cc1cc(N)cc(Br)c1. The molecular weight excluding hydrogens is 282 g/mol. The van der Waals surface area contributed by atoms with Gasteiger partial charge in [0.1, 0.15) is 0 Å². The molecule has 5 heteroatoms. The number of hydrogen-bond donors (Lipinski definition) is 2. The number of benzene rings is 1. The lowest BCUT2D eigenvalue weighted by molar-refractivity contribution is -0.121. The van der Waals surface area contributed by atoms with Gasteiger partial charge in [-0.05, 0) is 30.3 Å². The van der Waals surface area contributed by atoms with Crippen LogP contribution < -0.4 is 11.1 Å². The fraction of sp³-hybridized carbons (Fsp3) is 0.417. The predicted octanol–water partition coefficient (Wildman–Crippen LogP) is 1.60. The number of nitrogens with one attached hydrogen (secondary N) is 1. The lowest BCUT2D eigenvalue weighted by Crippen LogP contribution is -2.35. The van der Waals surface area contributed by atoms with Crippen LogP contribution in [0.15, 0.2) is 22.7 Å². The average molecular weight is 300 g/mol. The first-order valence-electron chi connectivity index (χ1n) is 5.53. The van der Waals surface area contributed by atoms with Gasteiger partial charge in [-0.2, -0.15) is 0 Å². The summed E-state index contributed by atoms with van der Waals surface area (Å²) in [6, 6.07) is 5.80. The number of carbonyl (C=O) groups excluding carboxylic acids is 1. The molecule has 0 aromatic heterocycles. The largest absolute Gasteiger partial charge is 0.399 e. The maximum atomic E-state index is 11.3. The van der Waals surface area contributed by atoms with E-state index < -0.39 is 0 Å². The van der Waals surface area contributed by atoms with Gasteiger partial charge < -0.3 is 11.1 Å². The second-order valence-electron chi connectivity index (χ2n) is 3.87. The molecule has 0 aliphatic heterocycles. The molecule has 0 spiro atoms. The van der Waals surface area contributed by atoms with Crippen LogP contribution >= 0.6 is 15.9 Å². The second kappa shape index (κ2) is 6.61. The molecule has 0 atom stereocenters. The lowest BCUT2D eigenvalue weighted by Gasteiger charge is -2.19. The van der Waals surface area contributed by atoms with Gasteiger partial charge in [-0.25, -0.2) is 0 Å². The standard InChI is InChI=1S/C12H18BrN3O/c1-3-16(8-12(17)15-2)7-9-4-10(13)6-11(14)5-9/h4-6H,3,7-8,14H2,1-2H3,(H,15,17). The van der Waals surface area contributed by atoms with Crippen LogP contribution in [0.2, 0.25) is 0 Å². The van der Waals surface area contributed by atoms with E-state index in [0.29, 0.717) is 13.1 Å². The Bertz CT molecular complexity index is 375. The van der Waals surface area contributed by atoms with Crippen molar-refractivity contribution in [3.8, 4) is 0 Å². The number of nitrogen functional groups attached to an aromatic ring is 1. The Morgan fingerprint density at radius 2 is 2.18 bits per heavy atom. The highest BCUT2D eigenvalue weighted by molar-refractivity contribution is 9.10. The highest BCUT2D eigenvalue weighted by Crippen LogP contribution is 2.18. The molecule has 1 aromatic carbocycles. The number of amides is 1. The van der Waals surface area contributed by atoms with E-state index in [4.69, 9.17) is 5.73 Å². The summed E-state index contributed by atoms with van der Waals surface area (Å²) in [5.74, 6) is 0.0230. The van der Waals surface area contributed by atoms with Gasteiger partial charge in [0, 0.05) is 23.8 Å². The zero-order chi connectivity index (χ0) is 12.8. The Labute approximate surface area is 110 Å². The minimum atomic E-state index is 0.0230. The van der Waals surface area contributed by atoms with Crippen LogP contribution in [0, 0.1) is 0 Å². The van der Waals surface area contributed by atoms with Crippen molar-refractivity contribution < 1.29 is 4.79 Å². The summed E-state index contributed by atoms with van der Waals surface area (Å²) in [6.07, 6.45) is 0. The summed E-state index contributed by atoms with van der Waals surface area (Å²) in [5.41, 5.74) is 7.60. The van der Waals surface area contributed by atoms with Crippen LogP contribution in [-0.4, -0.2) is 30.9 Å². The first-order chi connectivity index (χ1) is 8.05. The number of likely N-dealkylation sites (N-methyl/N-ethyl adjacent to an activating group) is 2. The van der Waals surface area contributed by atoms with Crippen LogP contribution in [-0.2, 0) is 11.3 Å². The van der Waals surface area contributed by atoms with Gasteiger partial charge in [0.25, 0.3) is 0 Å². The molecule has 0 fully saturated rings. The van der Waals surface area contributed by atoms with Gasteiger partial charge in [-0.1, -0.05) is 22.9 Å². The van der Waals surface area contributed by atoms with Crippen LogP contribution in [0.3, 0.4) is 0 Å². The van der Waals surface area contributed by atoms with Gasteiger partial charge in [0.05, 0.1) is 6.54 Å². The highest BCUT2D eigenvalue weighted by atomic mass is 79.9. The Morgan fingerprint density at radius 1 is 1.47 bits per heavy atom. The van der Waals surface area contributed by atoms with E-state index in [0.717, 1.165) is 22.3 Å². The summed E-state index contributed by atoms with van der Waals surface area (Å²) in [6.45, 7) is 3.97. The Hall–Kier alpha value is -1.07. The van der Waals surface area contributed by atoms with Crippen LogP contribution in [0.5, 0.6) is 0 Å². The molecule has 94 valence electrons. The van der Waals surface area contributed by atoms with Crippen LogP contribution in [0.1, 0.15) is 12.5 Å². The molecule has 17 heavy (non-hydrogen) atoms. The Kier molecular flexibility index (Phi) is 5.44. The van der Waals surface area contributed by atoms with E-state index in [1.54, 1.807) is 7.05 Å². The molecule has 0 aliphatic rings. The predicted molar refractivity (Wildman–Crippen MR) is 73.6 cm³/mol. The lowest BCUT2D eigenvalue weighted by atomic mass is 10.2. The molecule has 0 heterocycles. The zero-order valence-corrected chi connectivity index (χ0v) is 11.8. The number of carbonyl (C=O) groups is 1. The van der Waals surface area contributed by atoms with Gasteiger partial charge >= 0.3 is 0 Å². The average Bonchev–Trinajstić information content (AvgIpc) is 2.26. The second-order valence-corrected chi connectivity index (χ2v) is 4.78. The first-order valence-corrected chi connectivity index (χ1v) is 6.32. The summed E-state index contributed by atoms with van der Waals surface area (Å²) in [4.78, 5) is 13.4. The Morgan fingerprint density at radius 3 is 2.71 bits per heavy atom. The molecule has 3 N–H and O–H groups in total. The first kappa shape index (κ1) is 14.0. The van der Waals surface area contributed by atoms with Crippen molar-refractivity contribution in [2.24, 2.45) is 0 Å². The van der Waals surface area contributed by atoms with Crippen molar-refractivity contribution >= 4 is 27.5 Å². The molecule has 0 aliphatic carbocycles. The number of nitrogens with zero attached hydrogens (tertiary/aromatic N) is 1. The fourth-order valence-corrected chi connectivity index (χ4v) is 2.14. The molecule has 0 unspecified atom stereocenters. The molecule has 1 aromatic rings. The molecule has 4 nitrogen and oxygen atoms in total. The van der Waals surface area contributed by atoms with Crippen molar-refractivity contribution in [2.45, 2.75) is 13.5 Å². The van der Waals surface area contributed by atoms with E-state index in [2.05, 4.69) is 26.1 Å². The number of nitrogens with two attached hydrogens (primary N) is 1. The molecule has 0 radical (unpaired) electrons. The van der Waals surface area contributed by atoms with E-state index in [-0.39, 0.29) is 5.91 Å². The Balaban J connectivity index is 2.70. The van der Waals surface area contributed by atoms with Crippen LogP contribution in [0.25, 0.3) is 0 Å². The van der Waals surface area contributed by atoms with Crippen molar-refractivity contribution in [3.05, 3.63) is 28.2 Å². The van der Waals surface area contributed by atoms with E-state index in [1.165, 1.54) is 0 Å². The minimum absolute atomic E-state index is 0.0230. The van der Waals surface area contributed by atoms with E-state index in [1.807, 2.05) is 25.1 Å². The van der Waals surface area contributed by atoms with Crippen LogP contribution in [0.4, 0.5) is 5.69 Å². The van der Waals surface area contributed by atoms with Gasteiger partial charge in [0.15, 0.2) is 0 Å². The maximum Gasteiger partial charge on any atom is 0.233 e. The molecule has 1 amide bonds. The van der Waals surface area contributed by atoms with Crippen molar-refractivity contribution in [1.29, 1.82) is 0 Å². The van der Waals surface area contributed by atoms with Gasteiger partial charge in [-0.3, -0.25) is 9.69 Å². The highest BCUT2D eigenvalue weighted by Gasteiger charge is 2.08. The van der Waals surface area contributed by atoms with Crippen molar-refractivity contribution in [3.63, 3.8) is 0 Å². The third-order valence-electron chi connectivity index (χ3n) is 2.48. The zero-order valence-electron chi connectivity index (χ0n) is 10.2.